The third-order valence-corrected chi connectivity index (χ3v) is 2.31. The predicted octanol–water partition coefficient (Wildman–Crippen LogP) is 1.60. The average molecular weight is 197 g/mol. The van der Waals surface area contributed by atoms with Crippen molar-refractivity contribution in [2.24, 2.45) is 5.92 Å². The zero-order valence-corrected chi connectivity index (χ0v) is 8.49. The largest absolute Gasteiger partial charge is 0.370 e. The van der Waals surface area contributed by atoms with Crippen LogP contribution < -0.4 is 5.32 Å². The summed E-state index contributed by atoms with van der Waals surface area (Å²) in [5.41, 5.74) is 0. The molecule has 14 heavy (non-hydrogen) atoms. The second kappa shape index (κ2) is 3.96. The molecule has 0 radical (unpaired) electrons. The number of anilines is 1. The minimum Gasteiger partial charge on any atom is -0.370 e. The van der Waals surface area contributed by atoms with Gasteiger partial charge in [-0.2, -0.15) is 4.98 Å². The maximum atomic E-state index is 5.60. The summed E-state index contributed by atoms with van der Waals surface area (Å²) >= 11 is 0. The molecule has 1 fully saturated rings. The van der Waals surface area contributed by atoms with Crippen molar-refractivity contribution in [3.05, 3.63) is 5.82 Å². The van der Waals surface area contributed by atoms with E-state index in [4.69, 9.17) is 9.26 Å². The molecule has 1 aliphatic rings. The van der Waals surface area contributed by atoms with E-state index in [1.807, 2.05) is 6.92 Å². The van der Waals surface area contributed by atoms with Crippen LogP contribution in [0.25, 0.3) is 0 Å². The van der Waals surface area contributed by atoms with Gasteiger partial charge in [0.2, 0.25) is 5.82 Å². The highest BCUT2D eigenvalue weighted by Crippen LogP contribution is 2.42. The van der Waals surface area contributed by atoms with Gasteiger partial charge >= 0.3 is 6.01 Å². The molecule has 1 aromatic heterocycles. The maximum Gasteiger partial charge on any atom is 0.321 e. The van der Waals surface area contributed by atoms with Crippen molar-refractivity contribution in [3.63, 3.8) is 0 Å². The van der Waals surface area contributed by atoms with Crippen LogP contribution in [0, 0.1) is 5.92 Å². The van der Waals surface area contributed by atoms with Gasteiger partial charge in [0, 0.05) is 13.7 Å². The number of nitrogens with zero attached hydrogens (tertiary/aromatic N) is 2. The molecule has 1 aliphatic carbocycles. The SMILES string of the molecule is CCOC(c1noc(NC)n1)C1CC1. The van der Waals surface area contributed by atoms with E-state index >= 15 is 0 Å². The van der Waals surface area contributed by atoms with E-state index in [1.165, 1.54) is 12.8 Å². The minimum atomic E-state index is 0.0193. The first-order valence-electron chi connectivity index (χ1n) is 4.98. The first-order valence-corrected chi connectivity index (χ1v) is 4.98. The third kappa shape index (κ3) is 1.87. The van der Waals surface area contributed by atoms with Crippen molar-refractivity contribution in [2.45, 2.75) is 25.9 Å². The van der Waals surface area contributed by atoms with Crippen LogP contribution in [0.15, 0.2) is 4.52 Å². The molecule has 0 spiro atoms. The summed E-state index contributed by atoms with van der Waals surface area (Å²) in [7, 11) is 1.75. The standard InChI is InChI=1S/C9H15N3O2/c1-3-13-7(6-4-5-6)8-11-9(10-2)14-12-8/h6-7H,3-5H2,1-2H3,(H,10,11,12). The summed E-state index contributed by atoms with van der Waals surface area (Å²) in [5, 5.41) is 6.70. The molecule has 1 aromatic rings. The first kappa shape index (κ1) is 9.45. The van der Waals surface area contributed by atoms with Gasteiger partial charge in [0.15, 0.2) is 0 Å². The van der Waals surface area contributed by atoms with E-state index < -0.39 is 0 Å². The van der Waals surface area contributed by atoms with Crippen LogP contribution in [-0.2, 0) is 4.74 Å². The van der Waals surface area contributed by atoms with E-state index in [-0.39, 0.29) is 6.10 Å². The quantitative estimate of drug-likeness (QED) is 0.776. The summed E-state index contributed by atoms with van der Waals surface area (Å²) in [6.07, 6.45) is 2.42. The molecule has 1 heterocycles. The van der Waals surface area contributed by atoms with Gasteiger partial charge in [-0.15, -0.1) is 0 Å². The van der Waals surface area contributed by atoms with E-state index in [2.05, 4.69) is 15.5 Å². The van der Waals surface area contributed by atoms with Crippen LogP contribution in [0.3, 0.4) is 0 Å². The second-order valence-electron chi connectivity index (χ2n) is 3.42. The minimum absolute atomic E-state index is 0.0193. The van der Waals surface area contributed by atoms with Crippen LogP contribution in [0.1, 0.15) is 31.7 Å². The van der Waals surface area contributed by atoms with Gasteiger partial charge in [-0.3, -0.25) is 0 Å². The molecule has 1 unspecified atom stereocenters. The fourth-order valence-corrected chi connectivity index (χ4v) is 1.45. The Morgan fingerprint density at radius 3 is 2.93 bits per heavy atom. The van der Waals surface area contributed by atoms with Gasteiger partial charge in [0.25, 0.3) is 0 Å². The van der Waals surface area contributed by atoms with Gasteiger partial charge in [0.05, 0.1) is 0 Å². The van der Waals surface area contributed by atoms with E-state index in [0.29, 0.717) is 24.4 Å². The van der Waals surface area contributed by atoms with Gasteiger partial charge < -0.3 is 14.6 Å². The smallest absolute Gasteiger partial charge is 0.321 e. The second-order valence-corrected chi connectivity index (χ2v) is 3.42. The zero-order valence-electron chi connectivity index (χ0n) is 8.49. The van der Waals surface area contributed by atoms with Gasteiger partial charge in [-0.1, -0.05) is 5.16 Å². The zero-order chi connectivity index (χ0) is 9.97. The summed E-state index contributed by atoms with van der Waals surface area (Å²) in [6.45, 7) is 2.67. The number of hydrogen-bond donors (Lipinski definition) is 1. The molecule has 0 aliphatic heterocycles. The molecule has 2 rings (SSSR count). The predicted molar refractivity (Wildman–Crippen MR) is 50.9 cm³/mol. The first-order chi connectivity index (χ1) is 6.85. The lowest BCUT2D eigenvalue weighted by molar-refractivity contribution is 0.0385. The van der Waals surface area contributed by atoms with Crippen molar-refractivity contribution in [1.82, 2.24) is 10.1 Å². The molecule has 1 N–H and O–H groups in total. The lowest BCUT2D eigenvalue weighted by atomic mass is 10.2. The van der Waals surface area contributed by atoms with Crippen molar-refractivity contribution in [3.8, 4) is 0 Å². The van der Waals surface area contributed by atoms with Crippen LogP contribution in [-0.4, -0.2) is 23.8 Å². The number of rotatable bonds is 5. The monoisotopic (exact) mass is 197 g/mol. The Hall–Kier alpha value is -1.10. The fourth-order valence-electron chi connectivity index (χ4n) is 1.45. The topological polar surface area (TPSA) is 60.2 Å². The molecule has 5 heteroatoms. The molecule has 0 amide bonds. The van der Waals surface area contributed by atoms with Gasteiger partial charge in [-0.25, -0.2) is 0 Å². The Labute approximate surface area is 82.8 Å². The Morgan fingerprint density at radius 1 is 1.64 bits per heavy atom. The Bertz CT molecular complexity index is 296. The third-order valence-electron chi connectivity index (χ3n) is 2.31. The normalized spacial score (nSPS) is 18.1. The van der Waals surface area contributed by atoms with Crippen molar-refractivity contribution < 1.29 is 9.26 Å². The lowest BCUT2D eigenvalue weighted by Gasteiger charge is -2.10. The number of aromatic nitrogens is 2. The molecule has 1 atom stereocenters. The highest BCUT2D eigenvalue weighted by atomic mass is 16.5. The lowest BCUT2D eigenvalue weighted by Crippen LogP contribution is -2.08. The van der Waals surface area contributed by atoms with Crippen LogP contribution in [0.4, 0.5) is 6.01 Å². The van der Waals surface area contributed by atoms with Crippen molar-refractivity contribution in [2.75, 3.05) is 19.0 Å². The summed E-state index contributed by atoms with van der Waals surface area (Å²) in [5.74, 6) is 1.25. The maximum absolute atomic E-state index is 5.60. The van der Waals surface area contributed by atoms with E-state index in [0.717, 1.165) is 0 Å². The number of ether oxygens (including phenoxy) is 1. The molecule has 0 saturated heterocycles. The van der Waals surface area contributed by atoms with Crippen LogP contribution in [0.2, 0.25) is 0 Å². The fraction of sp³-hybridized carbons (Fsp3) is 0.778. The molecular weight excluding hydrogens is 182 g/mol. The molecule has 0 bridgehead atoms. The number of hydrogen-bond acceptors (Lipinski definition) is 5. The Balaban J connectivity index is 2.08. The summed E-state index contributed by atoms with van der Waals surface area (Å²) in [4.78, 5) is 4.20. The van der Waals surface area contributed by atoms with Gasteiger partial charge in [0.1, 0.15) is 6.10 Å². The van der Waals surface area contributed by atoms with Crippen LogP contribution in [0.5, 0.6) is 0 Å². The molecule has 1 saturated carbocycles. The summed E-state index contributed by atoms with van der Waals surface area (Å²) in [6, 6.07) is 0.449. The molecular formula is C9H15N3O2. The van der Waals surface area contributed by atoms with Gasteiger partial charge in [-0.05, 0) is 25.7 Å². The highest BCUT2D eigenvalue weighted by molar-refractivity contribution is 5.17. The Morgan fingerprint density at radius 2 is 2.43 bits per heavy atom. The highest BCUT2D eigenvalue weighted by Gasteiger charge is 2.36. The van der Waals surface area contributed by atoms with Crippen molar-refractivity contribution >= 4 is 6.01 Å². The molecule has 78 valence electrons. The van der Waals surface area contributed by atoms with E-state index in [9.17, 15) is 0 Å². The molecule has 5 nitrogen and oxygen atoms in total. The van der Waals surface area contributed by atoms with Crippen molar-refractivity contribution in [1.29, 1.82) is 0 Å². The van der Waals surface area contributed by atoms with E-state index in [1.54, 1.807) is 7.05 Å². The molecule has 0 aromatic carbocycles. The Kier molecular flexibility index (Phi) is 2.67. The number of nitrogens with one attached hydrogen (secondary N) is 1. The summed E-state index contributed by atoms with van der Waals surface area (Å²) < 4.78 is 10.6. The van der Waals surface area contributed by atoms with Crippen LogP contribution >= 0.6 is 0 Å². The average Bonchev–Trinajstić information content (AvgIpc) is 2.92.